The molecule has 3 aromatic rings. The third kappa shape index (κ3) is 3.24. The zero-order chi connectivity index (χ0) is 18.8. The molecule has 2 amide bonds. The van der Waals surface area contributed by atoms with Gasteiger partial charge in [0.1, 0.15) is 5.01 Å². The molecule has 0 radical (unpaired) electrons. The number of anilines is 1. The molecule has 1 atom stereocenters. The Hall–Kier alpha value is -2.61. The average molecular weight is 373 g/mol. The van der Waals surface area contributed by atoms with Gasteiger partial charge in [0, 0.05) is 30.4 Å². The van der Waals surface area contributed by atoms with E-state index >= 15 is 0 Å². The second kappa shape index (κ2) is 7.33. The van der Waals surface area contributed by atoms with Crippen molar-refractivity contribution in [2.24, 2.45) is 0 Å². The minimum Gasteiger partial charge on any atom is -0.329 e. The molecule has 2 N–H and O–H groups in total. The summed E-state index contributed by atoms with van der Waals surface area (Å²) < 4.78 is 3.47. The summed E-state index contributed by atoms with van der Waals surface area (Å²) in [5.41, 5.74) is 3.29. The highest BCUT2D eigenvalue weighted by atomic mass is 32.1. The predicted molar refractivity (Wildman–Crippen MR) is 105 cm³/mol. The standard InChI is InChI=1S/C18H23N5O2S/c1-5-22-14-9-11(3)13(10-15(14)23(6-2)18(22)25)21-17(24)20-12(4)16-19-7-8-26-16/h7-10,12H,5-6H2,1-4H3,(H2,20,21,24). The monoisotopic (exact) mass is 373 g/mol. The third-order valence-electron chi connectivity index (χ3n) is 4.42. The van der Waals surface area contributed by atoms with Crippen LogP contribution in [-0.2, 0) is 13.1 Å². The second-order valence-corrected chi connectivity index (χ2v) is 7.04. The number of carbonyl (C=O) groups excluding carboxylic acids is 1. The lowest BCUT2D eigenvalue weighted by atomic mass is 10.1. The zero-order valence-corrected chi connectivity index (χ0v) is 16.2. The van der Waals surface area contributed by atoms with Crippen molar-refractivity contribution in [2.45, 2.75) is 46.8 Å². The number of nitrogens with zero attached hydrogens (tertiary/aromatic N) is 3. The van der Waals surface area contributed by atoms with Crippen LogP contribution in [0.3, 0.4) is 0 Å². The maximum absolute atomic E-state index is 12.5. The molecule has 2 heterocycles. The van der Waals surface area contributed by atoms with Crippen molar-refractivity contribution in [3.8, 4) is 0 Å². The molecule has 0 aliphatic carbocycles. The van der Waals surface area contributed by atoms with Gasteiger partial charge in [-0.25, -0.2) is 14.6 Å². The van der Waals surface area contributed by atoms with Crippen LogP contribution < -0.4 is 16.3 Å². The van der Waals surface area contributed by atoms with Gasteiger partial charge in [0.25, 0.3) is 0 Å². The number of carbonyl (C=O) groups is 1. The van der Waals surface area contributed by atoms with E-state index in [2.05, 4.69) is 15.6 Å². The second-order valence-electron chi connectivity index (χ2n) is 6.12. The fourth-order valence-electron chi connectivity index (χ4n) is 3.08. The molecule has 3 rings (SSSR count). The highest BCUT2D eigenvalue weighted by molar-refractivity contribution is 7.09. The topological polar surface area (TPSA) is 81.0 Å². The highest BCUT2D eigenvalue weighted by Crippen LogP contribution is 2.24. The molecule has 0 aliphatic heterocycles. The summed E-state index contributed by atoms with van der Waals surface area (Å²) in [5, 5.41) is 8.52. The van der Waals surface area contributed by atoms with Gasteiger partial charge in [-0.1, -0.05) is 0 Å². The smallest absolute Gasteiger partial charge is 0.329 e. The highest BCUT2D eigenvalue weighted by Gasteiger charge is 2.16. The van der Waals surface area contributed by atoms with E-state index in [0.29, 0.717) is 18.8 Å². The van der Waals surface area contributed by atoms with E-state index in [-0.39, 0.29) is 17.8 Å². The number of hydrogen-bond acceptors (Lipinski definition) is 4. The molecular formula is C18H23N5O2S. The molecule has 1 aromatic carbocycles. The number of imidazole rings is 1. The first-order valence-corrected chi connectivity index (χ1v) is 9.54. The van der Waals surface area contributed by atoms with Gasteiger partial charge in [0.15, 0.2) is 0 Å². The van der Waals surface area contributed by atoms with E-state index in [0.717, 1.165) is 21.6 Å². The molecule has 138 valence electrons. The van der Waals surface area contributed by atoms with E-state index in [1.807, 2.05) is 45.2 Å². The quantitative estimate of drug-likeness (QED) is 0.718. The normalized spacial score (nSPS) is 12.3. The summed E-state index contributed by atoms with van der Waals surface area (Å²) in [5.74, 6) is 0. The van der Waals surface area contributed by atoms with Crippen LogP contribution in [-0.4, -0.2) is 20.1 Å². The first-order chi connectivity index (χ1) is 12.5. The van der Waals surface area contributed by atoms with E-state index in [1.165, 1.54) is 11.3 Å². The fraction of sp³-hybridized carbons (Fsp3) is 0.389. The van der Waals surface area contributed by atoms with Crippen LogP contribution in [0.4, 0.5) is 10.5 Å². The molecule has 2 aromatic heterocycles. The number of aromatic nitrogens is 3. The summed E-state index contributed by atoms with van der Waals surface area (Å²) in [6.45, 7) is 8.90. The number of urea groups is 1. The maximum atomic E-state index is 12.5. The molecule has 8 heteroatoms. The number of amides is 2. The van der Waals surface area contributed by atoms with Crippen LogP contribution in [0, 0.1) is 6.92 Å². The number of rotatable bonds is 5. The van der Waals surface area contributed by atoms with Crippen LogP contribution in [0.5, 0.6) is 0 Å². The Bertz CT molecular complexity index is 987. The van der Waals surface area contributed by atoms with Gasteiger partial charge >= 0.3 is 11.7 Å². The van der Waals surface area contributed by atoms with Gasteiger partial charge in [0.2, 0.25) is 0 Å². The van der Waals surface area contributed by atoms with Crippen LogP contribution >= 0.6 is 11.3 Å². The lowest BCUT2D eigenvalue weighted by Gasteiger charge is -2.14. The maximum Gasteiger partial charge on any atom is 0.329 e. The Morgan fingerprint density at radius 2 is 1.88 bits per heavy atom. The van der Waals surface area contributed by atoms with Gasteiger partial charge in [-0.2, -0.15) is 0 Å². The lowest BCUT2D eigenvalue weighted by Crippen LogP contribution is -2.31. The molecule has 0 saturated carbocycles. The first kappa shape index (κ1) is 18.2. The van der Waals surface area contributed by atoms with Crippen molar-refractivity contribution in [3.05, 3.63) is 44.8 Å². The molecule has 0 fully saturated rings. The third-order valence-corrected chi connectivity index (χ3v) is 5.37. The van der Waals surface area contributed by atoms with Crippen molar-refractivity contribution < 1.29 is 4.79 Å². The fourth-order valence-corrected chi connectivity index (χ4v) is 3.72. The first-order valence-electron chi connectivity index (χ1n) is 8.66. The molecule has 0 bridgehead atoms. The van der Waals surface area contributed by atoms with Crippen LogP contribution in [0.2, 0.25) is 0 Å². The van der Waals surface area contributed by atoms with Crippen LogP contribution in [0.25, 0.3) is 11.0 Å². The Morgan fingerprint density at radius 3 is 2.46 bits per heavy atom. The van der Waals surface area contributed by atoms with Crippen molar-refractivity contribution in [1.29, 1.82) is 0 Å². The Morgan fingerprint density at radius 1 is 1.23 bits per heavy atom. The number of thiazole rings is 1. The molecular weight excluding hydrogens is 350 g/mol. The van der Waals surface area contributed by atoms with Crippen molar-refractivity contribution in [1.82, 2.24) is 19.4 Å². The van der Waals surface area contributed by atoms with Crippen molar-refractivity contribution in [3.63, 3.8) is 0 Å². The summed E-state index contributed by atoms with van der Waals surface area (Å²) in [6, 6.07) is 3.35. The molecule has 1 unspecified atom stereocenters. The number of aryl methyl sites for hydroxylation is 3. The Balaban J connectivity index is 1.89. The van der Waals surface area contributed by atoms with Gasteiger partial charge in [-0.05, 0) is 45.4 Å². The van der Waals surface area contributed by atoms with E-state index in [1.54, 1.807) is 15.3 Å². The Labute approximate surface area is 155 Å². The molecule has 0 aliphatic rings. The summed E-state index contributed by atoms with van der Waals surface area (Å²) in [7, 11) is 0. The number of fused-ring (bicyclic) bond motifs is 1. The minimum atomic E-state index is -0.296. The summed E-state index contributed by atoms with van der Waals surface area (Å²) in [6.07, 6.45) is 1.72. The number of nitrogens with one attached hydrogen (secondary N) is 2. The predicted octanol–water partition coefficient (Wildman–Crippen LogP) is 3.49. The lowest BCUT2D eigenvalue weighted by molar-refractivity contribution is 0.249. The van der Waals surface area contributed by atoms with Gasteiger partial charge < -0.3 is 10.6 Å². The van der Waals surface area contributed by atoms with Crippen molar-refractivity contribution in [2.75, 3.05) is 5.32 Å². The number of hydrogen-bond donors (Lipinski definition) is 2. The Kier molecular flexibility index (Phi) is 5.13. The van der Waals surface area contributed by atoms with E-state index in [4.69, 9.17) is 0 Å². The van der Waals surface area contributed by atoms with E-state index in [9.17, 15) is 9.59 Å². The zero-order valence-electron chi connectivity index (χ0n) is 15.4. The summed E-state index contributed by atoms with van der Waals surface area (Å²) >= 11 is 1.50. The SMILES string of the molecule is CCn1c(=O)n(CC)c2cc(NC(=O)NC(C)c3nccs3)c(C)cc21. The van der Waals surface area contributed by atoms with Crippen LogP contribution in [0.1, 0.15) is 37.4 Å². The molecule has 0 saturated heterocycles. The largest absolute Gasteiger partial charge is 0.329 e. The van der Waals surface area contributed by atoms with Crippen molar-refractivity contribution >= 4 is 34.1 Å². The van der Waals surface area contributed by atoms with Crippen LogP contribution in [0.15, 0.2) is 28.5 Å². The van der Waals surface area contributed by atoms with E-state index < -0.39 is 0 Å². The minimum absolute atomic E-state index is 0.0246. The average Bonchev–Trinajstić information content (AvgIpc) is 3.21. The van der Waals surface area contributed by atoms with Gasteiger partial charge in [-0.15, -0.1) is 11.3 Å². The van der Waals surface area contributed by atoms with Gasteiger partial charge in [0.05, 0.1) is 17.1 Å². The molecule has 26 heavy (non-hydrogen) atoms. The molecule has 0 spiro atoms. The van der Waals surface area contributed by atoms with Gasteiger partial charge in [-0.3, -0.25) is 9.13 Å². The molecule has 7 nitrogen and oxygen atoms in total. The number of benzene rings is 1. The summed E-state index contributed by atoms with van der Waals surface area (Å²) in [4.78, 5) is 29.1.